The van der Waals surface area contributed by atoms with Crippen LogP contribution >= 0.6 is 0 Å². The van der Waals surface area contributed by atoms with Gasteiger partial charge in [0.05, 0.1) is 18.4 Å². The summed E-state index contributed by atoms with van der Waals surface area (Å²) in [7, 11) is 2.11. The molecular weight excluding hydrogens is 226 g/mol. The number of pyridine rings is 1. The largest absolute Gasteiger partial charge is 0.377 e. The van der Waals surface area contributed by atoms with Gasteiger partial charge in [0.1, 0.15) is 0 Å². The van der Waals surface area contributed by atoms with Crippen molar-refractivity contribution in [3.05, 3.63) is 30.1 Å². The zero-order chi connectivity index (χ0) is 12.6. The van der Waals surface area contributed by atoms with Gasteiger partial charge in [0.15, 0.2) is 0 Å². The number of hydrogen-bond donors (Lipinski definition) is 1. The number of aromatic nitrogens is 1. The van der Waals surface area contributed by atoms with Crippen LogP contribution in [0.2, 0.25) is 0 Å². The first-order valence-corrected chi connectivity index (χ1v) is 6.75. The number of ether oxygens (including phenoxy) is 1. The number of likely N-dealkylation sites (N-methyl/N-ethyl adjacent to an activating group) is 1. The minimum absolute atomic E-state index is 0.453. The van der Waals surface area contributed by atoms with Crippen LogP contribution in [0.3, 0.4) is 0 Å². The zero-order valence-electron chi connectivity index (χ0n) is 11.1. The molecule has 18 heavy (non-hydrogen) atoms. The lowest BCUT2D eigenvalue weighted by molar-refractivity contribution is 0.0223. The fourth-order valence-corrected chi connectivity index (χ4v) is 2.18. The first-order chi connectivity index (χ1) is 8.84. The Morgan fingerprint density at radius 3 is 2.94 bits per heavy atom. The summed E-state index contributed by atoms with van der Waals surface area (Å²) < 4.78 is 5.89. The molecule has 1 N–H and O–H groups in total. The third-order valence-corrected chi connectivity index (χ3v) is 3.27. The molecule has 100 valence electrons. The minimum atomic E-state index is 0.453. The monoisotopic (exact) mass is 249 g/mol. The second kappa shape index (κ2) is 7.46. The molecule has 0 aromatic carbocycles. The Bertz CT molecular complexity index is 325. The summed E-state index contributed by atoms with van der Waals surface area (Å²) in [5.74, 6) is 0. The van der Waals surface area contributed by atoms with Gasteiger partial charge in [0.2, 0.25) is 0 Å². The van der Waals surface area contributed by atoms with Crippen LogP contribution in [-0.2, 0) is 11.3 Å². The third kappa shape index (κ3) is 4.72. The summed E-state index contributed by atoms with van der Waals surface area (Å²) >= 11 is 0. The van der Waals surface area contributed by atoms with Gasteiger partial charge in [-0.05, 0) is 45.1 Å². The maximum atomic E-state index is 5.89. The Labute approximate surface area is 109 Å². The third-order valence-electron chi connectivity index (χ3n) is 3.27. The molecule has 2 rings (SSSR count). The van der Waals surface area contributed by atoms with E-state index >= 15 is 0 Å². The van der Waals surface area contributed by atoms with Crippen molar-refractivity contribution in [1.82, 2.24) is 15.2 Å². The van der Waals surface area contributed by atoms with Gasteiger partial charge < -0.3 is 10.1 Å². The predicted octanol–water partition coefficient (Wildman–Crippen LogP) is 1.28. The molecule has 0 radical (unpaired) electrons. The molecule has 1 fully saturated rings. The van der Waals surface area contributed by atoms with Crippen molar-refractivity contribution in [2.24, 2.45) is 0 Å². The van der Waals surface area contributed by atoms with Crippen LogP contribution in [0.1, 0.15) is 18.5 Å². The molecule has 0 bridgehead atoms. The molecule has 0 atom stereocenters. The maximum Gasteiger partial charge on any atom is 0.0600 e. The van der Waals surface area contributed by atoms with Crippen molar-refractivity contribution in [1.29, 1.82) is 0 Å². The van der Waals surface area contributed by atoms with E-state index in [0.717, 1.165) is 51.3 Å². The van der Waals surface area contributed by atoms with E-state index in [9.17, 15) is 0 Å². The van der Waals surface area contributed by atoms with Gasteiger partial charge in [0.25, 0.3) is 0 Å². The Balaban J connectivity index is 1.61. The highest BCUT2D eigenvalue weighted by atomic mass is 16.5. The van der Waals surface area contributed by atoms with E-state index in [4.69, 9.17) is 4.74 Å². The van der Waals surface area contributed by atoms with Crippen LogP contribution < -0.4 is 5.32 Å². The summed E-state index contributed by atoms with van der Waals surface area (Å²) in [4.78, 5) is 6.58. The van der Waals surface area contributed by atoms with E-state index < -0.39 is 0 Å². The van der Waals surface area contributed by atoms with E-state index in [-0.39, 0.29) is 0 Å². The maximum absolute atomic E-state index is 5.89. The fraction of sp³-hybridized carbons (Fsp3) is 0.643. The second-order valence-electron chi connectivity index (χ2n) is 4.88. The first-order valence-electron chi connectivity index (χ1n) is 6.75. The summed E-state index contributed by atoms with van der Waals surface area (Å²) in [6, 6.07) is 6.04. The molecule has 1 aromatic heterocycles. The van der Waals surface area contributed by atoms with Crippen molar-refractivity contribution in [3.8, 4) is 0 Å². The van der Waals surface area contributed by atoms with Gasteiger partial charge >= 0.3 is 0 Å². The normalized spacial score (nSPS) is 17.2. The van der Waals surface area contributed by atoms with Crippen LogP contribution in [0.4, 0.5) is 0 Å². The van der Waals surface area contributed by atoms with Crippen LogP contribution in [-0.4, -0.2) is 49.3 Å². The SMILES string of the molecule is CN(CCOC1CCNCC1)Cc1ccccn1. The Morgan fingerprint density at radius 1 is 1.39 bits per heavy atom. The highest BCUT2D eigenvalue weighted by Gasteiger charge is 2.13. The molecule has 1 saturated heterocycles. The second-order valence-corrected chi connectivity index (χ2v) is 4.88. The van der Waals surface area contributed by atoms with E-state index in [2.05, 4.69) is 28.3 Å². The van der Waals surface area contributed by atoms with Crippen molar-refractivity contribution in [2.75, 3.05) is 33.3 Å². The molecule has 1 aromatic rings. The Morgan fingerprint density at radius 2 is 2.22 bits per heavy atom. The molecule has 1 aliphatic rings. The topological polar surface area (TPSA) is 37.4 Å². The van der Waals surface area contributed by atoms with E-state index in [1.165, 1.54) is 0 Å². The average molecular weight is 249 g/mol. The summed E-state index contributed by atoms with van der Waals surface area (Å²) in [5, 5.41) is 3.35. The van der Waals surface area contributed by atoms with Crippen molar-refractivity contribution < 1.29 is 4.74 Å². The van der Waals surface area contributed by atoms with Gasteiger partial charge in [-0.1, -0.05) is 6.07 Å². The standard InChI is InChI=1S/C14H23N3O/c1-17(12-13-4-2-3-7-16-13)10-11-18-14-5-8-15-9-6-14/h2-4,7,14-15H,5-6,8-12H2,1H3. The first kappa shape index (κ1) is 13.5. The number of rotatable bonds is 6. The van der Waals surface area contributed by atoms with Gasteiger partial charge in [0, 0.05) is 19.3 Å². The van der Waals surface area contributed by atoms with E-state index in [0.29, 0.717) is 6.10 Å². The van der Waals surface area contributed by atoms with Crippen LogP contribution in [0.5, 0.6) is 0 Å². The van der Waals surface area contributed by atoms with E-state index in [1.807, 2.05) is 18.3 Å². The van der Waals surface area contributed by atoms with E-state index in [1.54, 1.807) is 0 Å². The molecule has 4 nitrogen and oxygen atoms in total. The summed E-state index contributed by atoms with van der Waals surface area (Å²) in [6.07, 6.45) is 4.58. The Kier molecular flexibility index (Phi) is 5.58. The lowest BCUT2D eigenvalue weighted by Gasteiger charge is -2.24. The van der Waals surface area contributed by atoms with Crippen molar-refractivity contribution >= 4 is 0 Å². The average Bonchev–Trinajstić information content (AvgIpc) is 2.41. The molecule has 2 heterocycles. The number of piperidine rings is 1. The number of nitrogens with one attached hydrogen (secondary N) is 1. The lowest BCUT2D eigenvalue weighted by Crippen LogP contribution is -2.34. The van der Waals surface area contributed by atoms with Crippen molar-refractivity contribution in [3.63, 3.8) is 0 Å². The molecule has 0 unspecified atom stereocenters. The Hall–Kier alpha value is -0.970. The predicted molar refractivity (Wildman–Crippen MR) is 72.4 cm³/mol. The fourth-order valence-electron chi connectivity index (χ4n) is 2.18. The van der Waals surface area contributed by atoms with Crippen LogP contribution in [0, 0.1) is 0 Å². The quantitative estimate of drug-likeness (QED) is 0.824. The highest BCUT2D eigenvalue weighted by molar-refractivity contribution is 5.02. The van der Waals surface area contributed by atoms with Crippen LogP contribution in [0.25, 0.3) is 0 Å². The lowest BCUT2D eigenvalue weighted by atomic mass is 10.1. The number of hydrogen-bond acceptors (Lipinski definition) is 4. The smallest absolute Gasteiger partial charge is 0.0600 e. The van der Waals surface area contributed by atoms with Crippen LogP contribution in [0.15, 0.2) is 24.4 Å². The summed E-state index contributed by atoms with van der Waals surface area (Å²) in [5.41, 5.74) is 1.11. The van der Waals surface area contributed by atoms with Crippen molar-refractivity contribution in [2.45, 2.75) is 25.5 Å². The highest BCUT2D eigenvalue weighted by Crippen LogP contribution is 2.07. The van der Waals surface area contributed by atoms with Gasteiger partial charge in [-0.25, -0.2) is 0 Å². The zero-order valence-corrected chi connectivity index (χ0v) is 11.1. The molecule has 0 spiro atoms. The number of nitrogens with zero attached hydrogens (tertiary/aromatic N) is 2. The molecule has 4 heteroatoms. The van der Waals surface area contributed by atoms with Gasteiger partial charge in [-0.2, -0.15) is 0 Å². The summed E-state index contributed by atoms with van der Waals surface area (Å²) in [6.45, 7) is 4.84. The molecular formula is C14H23N3O. The van der Waals surface area contributed by atoms with Gasteiger partial charge in [-0.3, -0.25) is 9.88 Å². The molecule has 0 amide bonds. The van der Waals surface area contributed by atoms with Gasteiger partial charge in [-0.15, -0.1) is 0 Å². The molecule has 0 saturated carbocycles. The molecule has 1 aliphatic heterocycles. The minimum Gasteiger partial charge on any atom is -0.377 e. The molecule has 0 aliphatic carbocycles.